The van der Waals surface area contributed by atoms with Crippen LogP contribution in [0.3, 0.4) is 0 Å². The van der Waals surface area contributed by atoms with E-state index in [9.17, 15) is 9.18 Å². The molecule has 0 atom stereocenters. The van der Waals surface area contributed by atoms with Crippen LogP contribution in [-0.4, -0.2) is 22.2 Å². The normalized spacial score (nSPS) is 10.9. The molecular formula is C10H14FN3O. The summed E-state index contributed by atoms with van der Waals surface area (Å²) >= 11 is 0. The Labute approximate surface area is 87.8 Å². The molecule has 0 spiro atoms. The van der Waals surface area contributed by atoms with Crippen LogP contribution >= 0.6 is 0 Å². The molecule has 0 fully saturated rings. The first-order chi connectivity index (χ1) is 7.07. The molecule has 1 N–H and O–H groups in total. The van der Waals surface area contributed by atoms with Gasteiger partial charge < -0.3 is 5.32 Å². The van der Waals surface area contributed by atoms with Crippen molar-refractivity contribution in [2.75, 3.05) is 6.54 Å². The summed E-state index contributed by atoms with van der Waals surface area (Å²) in [6.07, 6.45) is 3.59. The monoisotopic (exact) mass is 211 g/mol. The lowest BCUT2D eigenvalue weighted by molar-refractivity contribution is 0.0944. The van der Waals surface area contributed by atoms with E-state index in [1.807, 2.05) is 13.0 Å². The number of carbonyl (C=O) groups excluding carboxylic acids is 1. The fraction of sp³-hybridized carbons (Fsp3) is 0.400. The average Bonchev–Trinajstić information content (AvgIpc) is 2.41. The van der Waals surface area contributed by atoms with E-state index in [1.54, 1.807) is 13.1 Å². The summed E-state index contributed by atoms with van der Waals surface area (Å²) in [5.74, 6) is -1.01. The molecule has 5 heteroatoms. The molecule has 0 aliphatic carbocycles. The smallest absolute Gasteiger partial charge is 0.272 e. The lowest BCUT2D eigenvalue weighted by atomic mass is 10.3. The van der Waals surface area contributed by atoms with Crippen LogP contribution in [-0.2, 0) is 7.05 Å². The van der Waals surface area contributed by atoms with Crippen molar-refractivity contribution < 1.29 is 9.18 Å². The first-order valence-corrected chi connectivity index (χ1v) is 4.66. The van der Waals surface area contributed by atoms with Crippen molar-refractivity contribution in [3.63, 3.8) is 0 Å². The molecule has 0 radical (unpaired) electrons. The van der Waals surface area contributed by atoms with Gasteiger partial charge in [0.2, 0.25) is 0 Å². The van der Waals surface area contributed by atoms with Gasteiger partial charge in [0, 0.05) is 13.6 Å². The van der Waals surface area contributed by atoms with Gasteiger partial charge in [-0.3, -0.25) is 9.48 Å². The molecular weight excluding hydrogens is 197 g/mol. The molecule has 0 saturated heterocycles. The third-order valence-corrected chi connectivity index (χ3v) is 1.98. The number of hydrogen-bond acceptors (Lipinski definition) is 2. The molecule has 4 nitrogen and oxygen atoms in total. The predicted molar refractivity (Wildman–Crippen MR) is 55.1 cm³/mol. The van der Waals surface area contributed by atoms with Crippen molar-refractivity contribution in [2.24, 2.45) is 7.05 Å². The van der Waals surface area contributed by atoms with E-state index in [0.717, 1.165) is 0 Å². The zero-order chi connectivity index (χ0) is 11.4. The molecule has 82 valence electrons. The molecule has 1 aromatic heterocycles. The highest BCUT2D eigenvalue weighted by molar-refractivity contribution is 5.93. The number of carbonyl (C=O) groups is 1. The van der Waals surface area contributed by atoms with E-state index in [4.69, 9.17) is 0 Å². The van der Waals surface area contributed by atoms with E-state index in [0.29, 0.717) is 6.54 Å². The highest BCUT2D eigenvalue weighted by atomic mass is 19.1. The molecule has 0 unspecified atom stereocenters. The standard InChI is InChI=1S/C10H14FN3O/c1-4-5-6-12-10(15)9-8(11)7(2)13-14(9)3/h4-5H,6H2,1-3H3,(H,12,15)/b5-4+. The van der Waals surface area contributed by atoms with Crippen LogP contribution in [0.2, 0.25) is 0 Å². The summed E-state index contributed by atoms with van der Waals surface area (Å²) in [5, 5.41) is 6.39. The summed E-state index contributed by atoms with van der Waals surface area (Å²) in [7, 11) is 1.54. The van der Waals surface area contributed by atoms with Crippen molar-refractivity contribution in [1.82, 2.24) is 15.1 Å². The van der Waals surface area contributed by atoms with Crippen LogP contribution in [0.5, 0.6) is 0 Å². The summed E-state index contributed by atoms with van der Waals surface area (Å²) in [6.45, 7) is 3.76. The topological polar surface area (TPSA) is 46.9 Å². The maximum atomic E-state index is 13.4. The van der Waals surface area contributed by atoms with E-state index in [1.165, 1.54) is 11.6 Å². The largest absolute Gasteiger partial charge is 0.347 e. The molecule has 0 bridgehead atoms. The quantitative estimate of drug-likeness (QED) is 0.763. The third-order valence-electron chi connectivity index (χ3n) is 1.98. The number of hydrogen-bond donors (Lipinski definition) is 1. The molecule has 0 saturated carbocycles. The van der Waals surface area contributed by atoms with Gasteiger partial charge in [-0.25, -0.2) is 4.39 Å². The van der Waals surface area contributed by atoms with Crippen LogP contribution < -0.4 is 5.32 Å². The lowest BCUT2D eigenvalue weighted by Gasteiger charge is -2.02. The Morgan fingerprint density at radius 3 is 2.80 bits per heavy atom. The van der Waals surface area contributed by atoms with Gasteiger partial charge in [-0.1, -0.05) is 12.2 Å². The van der Waals surface area contributed by atoms with Gasteiger partial charge in [0.1, 0.15) is 0 Å². The number of aromatic nitrogens is 2. The van der Waals surface area contributed by atoms with Crippen molar-refractivity contribution in [2.45, 2.75) is 13.8 Å². The van der Waals surface area contributed by atoms with Crippen LogP contribution in [0.1, 0.15) is 23.1 Å². The van der Waals surface area contributed by atoms with E-state index < -0.39 is 11.7 Å². The van der Waals surface area contributed by atoms with Gasteiger partial charge in [-0.2, -0.15) is 5.10 Å². The molecule has 1 heterocycles. The average molecular weight is 211 g/mol. The highest BCUT2D eigenvalue weighted by Gasteiger charge is 2.19. The first-order valence-electron chi connectivity index (χ1n) is 4.66. The maximum Gasteiger partial charge on any atom is 0.272 e. The minimum Gasteiger partial charge on any atom is -0.347 e. The minimum absolute atomic E-state index is 0.0306. The first kappa shape index (κ1) is 11.4. The molecule has 1 aromatic rings. The van der Waals surface area contributed by atoms with Crippen LogP contribution in [0.25, 0.3) is 0 Å². The molecule has 1 rings (SSSR count). The summed E-state index contributed by atoms with van der Waals surface area (Å²) in [5.41, 5.74) is 0.200. The van der Waals surface area contributed by atoms with E-state index in [-0.39, 0.29) is 11.4 Å². The molecule has 0 aliphatic rings. The SMILES string of the molecule is C/C=C/CNC(=O)c1c(F)c(C)nn1C. The zero-order valence-electron chi connectivity index (χ0n) is 9.04. The van der Waals surface area contributed by atoms with Crippen LogP contribution in [0.4, 0.5) is 4.39 Å². The summed E-state index contributed by atoms with van der Waals surface area (Å²) in [6, 6.07) is 0. The molecule has 0 aromatic carbocycles. The molecule has 1 amide bonds. The van der Waals surface area contributed by atoms with Gasteiger partial charge in [0.15, 0.2) is 11.5 Å². The van der Waals surface area contributed by atoms with Gasteiger partial charge in [0.05, 0.1) is 5.69 Å². The van der Waals surface area contributed by atoms with E-state index >= 15 is 0 Å². The van der Waals surface area contributed by atoms with E-state index in [2.05, 4.69) is 10.4 Å². The number of halogens is 1. The second-order valence-corrected chi connectivity index (χ2v) is 3.15. The Morgan fingerprint density at radius 1 is 1.67 bits per heavy atom. The second kappa shape index (κ2) is 4.72. The number of aryl methyl sites for hydroxylation is 2. The number of allylic oxidation sites excluding steroid dienone is 1. The van der Waals surface area contributed by atoms with Crippen molar-refractivity contribution >= 4 is 5.91 Å². The zero-order valence-corrected chi connectivity index (χ0v) is 9.04. The Hall–Kier alpha value is -1.65. The highest BCUT2D eigenvalue weighted by Crippen LogP contribution is 2.09. The lowest BCUT2D eigenvalue weighted by Crippen LogP contribution is -2.26. The summed E-state index contributed by atoms with van der Waals surface area (Å²) in [4.78, 5) is 11.5. The molecule has 15 heavy (non-hydrogen) atoms. The van der Waals surface area contributed by atoms with Gasteiger partial charge in [0.25, 0.3) is 5.91 Å². The van der Waals surface area contributed by atoms with Crippen molar-refractivity contribution in [3.8, 4) is 0 Å². The second-order valence-electron chi connectivity index (χ2n) is 3.15. The number of nitrogens with zero attached hydrogens (tertiary/aromatic N) is 2. The van der Waals surface area contributed by atoms with Crippen molar-refractivity contribution in [3.05, 3.63) is 29.4 Å². The number of nitrogens with one attached hydrogen (secondary N) is 1. The minimum atomic E-state index is -0.560. The van der Waals surface area contributed by atoms with Crippen molar-refractivity contribution in [1.29, 1.82) is 0 Å². The Kier molecular flexibility index (Phi) is 3.60. The Bertz CT molecular complexity index is 396. The Balaban J connectivity index is 2.82. The third kappa shape index (κ3) is 2.43. The van der Waals surface area contributed by atoms with Gasteiger partial charge in [-0.15, -0.1) is 0 Å². The Morgan fingerprint density at radius 2 is 2.33 bits per heavy atom. The predicted octanol–water partition coefficient (Wildman–Crippen LogP) is 1.17. The number of rotatable bonds is 3. The fourth-order valence-corrected chi connectivity index (χ4v) is 1.23. The van der Waals surface area contributed by atoms with Gasteiger partial charge >= 0.3 is 0 Å². The maximum absolute atomic E-state index is 13.4. The van der Waals surface area contributed by atoms with Crippen LogP contribution in [0.15, 0.2) is 12.2 Å². The van der Waals surface area contributed by atoms with Gasteiger partial charge in [-0.05, 0) is 13.8 Å². The van der Waals surface area contributed by atoms with Crippen LogP contribution in [0, 0.1) is 12.7 Å². The summed E-state index contributed by atoms with van der Waals surface area (Å²) < 4.78 is 14.7. The fourth-order valence-electron chi connectivity index (χ4n) is 1.23. The number of amides is 1. The molecule has 0 aliphatic heterocycles.